The molecule has 1 aromatic carbocycles. The standard InChI is InChI=1S/C19H14N4O2S/c1-25-15-9-3-2-6-13(15)7-4-10-16-18(24)23-19(26-16)21-17(22-23)14-8-5-11-20-12-14/h2-12H,1H3/b7-4+,16-10-. The van der Waals surface area contributed by atoms with E-state index in [9.17, 15) is 4.79 Å². The van der Waals surface area contributed by atoms with E-state index in [2.05, 4.69) is 15.1 Å². The van der Waals surface area contributed by atoms with Crippen molar-refractivity contribution in [2.24, 2.45) is 0 Å². The minimum absolute atomic E-state index is 0.183. The van der Waals surface area contributed by atoms with Crippen LogP contribution in [0.3, 0.4) is 0 Å². The Hall–Kier alpha value is -3.32. The Labute approximate surface area is 152 Å². The monoisotopic (exact) mass is 362 g/mol. The number of para-hydroxylation sites is 1. The Kier molecular flexibility index (Phi) is 4.28. The molecule has 6 nitrogen and oxygen atoms in total. The highest BCUT2D eigenvalue weighted by Gasteiger charge is 2.11. The number of ether oxygens (including phenoxy) is 1. The molecule has 128 valence electrons. The lowest BCUT2D eigenvalue weighted by atomic mass is 10.2. The first-order valence-corrected chi connectivity index (χ1v) is 8.69. The number of hydrogen-bond donors (Lipinski definition) is 0. The van der Waals surface area contributed by atoms with Gasteiger partial charge >= 0.3 is 0 Å². The molecule has 0 saturated carbocycles. The average molecular weight is 362 g/mol. The van der Waals surface area contributed by atoms with Gasteiger partial charge < -0.3 is 4.74 Å². The lowest BCUT2D eigenvalue weighted by Gasteiger charge is -2.02. The van der Waals surface area contributed by atoms with Crippen LogP contribution in [0.2, 0.25) is 0 Å². The van der Waals surface area contributed by atoms with Crippen LogP contribution in [0.5, 0.6) is 5.75 Å². The quantitative estimate of drug-likeness (QED) is 0.558. The lowest BCUT2D eigenvalue weighted by molar-refractivity contribution is 0.414. The molecule has 0 unspecified atom stereocenters. The van der Waals surface area contributed by atoms with E-state index in [-0.39, 0.29) is 5.56 Å². The normalized spacial score (nSPS) is 12.3. The molecule has 0 N–H and O–H groups in total. The van der Waals surface area contributed by atoms with Crippen molar-refractivity contribution < 1.29 is 4.74 Å². The second kappa shape index (κ2) is 6.89. The minimum atomic E-state index is -0.183. The minimum Gasteiger partial charge on any atom is -0.496 e. The fourth-order valence-corrected chi connectivity index (χ4v) is 3.37. The van der Waals surface area contributed by atoms with Crippen LogP contribution in [-0.2, 0) is 0 Å². The molecule has 3 aromatic heterocycles. The lowest BCUT2D eigenvalue weighted by Crippen LogP contribution is -2.23. The van der Waals surface area contributed by atoms with Crippen molar-refractivity contribution in [3.63, 3.8) is 0 Å². The summed E-state index contributed by atoms with van der Waals surface area (Å²) in [6, 6.07) is 11.4. The number of nitrogens with zero attached hydrogens (tertiary/aromatic N) is 4. The molecular weight excluding hydrogens is 348 g/mol. The fraction of sp³-hybridized carbons (Fsp3) is 0.0526. The van der Waals surface area contributed by atoms with Gasteiger partial charge in [0.15, 0.2) is 5.82 Å². The predicted octanol–water partition coefficient (Wildman–Crippen LogP) is 2.43. The van der Waals surface area contributed by atoms with E-state index in [0.717, 1.165) is 16.9 Å². The first kappa shape index (κ1) is 16.2. The zero-order chi connectivity index (χ0) is 17.9. The van der Waals surface area contributed by atoms with Crippen molar-refractivity contribution in [2.45, 2.75) is 0 Å². The Bertz CT molecular complexity index is 1200. The van der Waals surface area contributed by atoms with Gasteiger partial charge in [0, 0.05) is 23.5 Å². The van der Waals surface area contributed by atoms with E-state index in [1.54, 1.807) is 25.6 Å². The number of pyridine rings is 1. The number of allylic oxidation sites excluding steroid dienone is 1. The highest BCUT2D eigenvalue weighted by atomic mass is 32.1. The molecule has 0 aliphatic heterocycles. The van der Waals surface area contributed by atoms with Gasteiger partial charge in [0.05, 0.1) is 11.6 Å². The largest absolute Gasteiger partial charge is 0.496 e. The van der Waals surface area contributed by atoms with Gasteiger partial charge in [0.25, 0.3) is 5.56 Å². The molecule has 0 aliphatic rings. The third-order valence-corrected chi connectivity index (χ3v) is 4.74. The van der Waals surface area contributed by atoms with Crippen molar-refractivity contribution in [2.75, 3.05) is 7.11 Å². The summed E-state index contributed by atoms with van der Waals surface area (Å²) in [5, 5.41) is 4.30. The Morgan fingerprint density at radius 1 is 1.19 bits per heavy atom. The Balaban J connectivity index is 1.68. The van der Waals surface area contributed by atoms with Crippen LogP contribution in [0, 0.1) is 0 Å². The molecule has 0 aliphatic carbocycles. The number of benzene rings is 1. The van der Waals surface area contributed by atoms with Crippen molar-refractivity contribution in [1.82, 2.24) is 19.6 Å². The second-order valence-electron chi connectivity index (χ2n) is 5.41. The Morgan fingerprint density at radius 3 is 2.85 bits per heavy atom. The summed E-state index contributed by atoms with van der Waals surface area (Å²) in [4.78, 5) is 21.5. The first-order valence-electron chi connectivity index (χ1n) is 7.87. The molecule has 0 bridgehead atoms. The summed E-state index contributed by atoms with van der Waals surface area (Å²) in [5.41, 5.74) is 1.54. The van der Waals surface area contributed by atoms with Gasteiger partial charge in [-0.25, -0.2) is 0 Å². The molecule has 4 aromatic rings. The number of hydrogen-bond acceptors (Lipinski definition) is 6. The number of fused-ring (bicyclic) bond motifs is 1. The van der Waals surface area contributed by atoms with E-state index in [4.69, 9.17) is 4.74 Å². The topological polar surface area (TPSA) is 69.4 Å². The van der Waals surface area contributed by atoms with Crippen molar-refractivity contribution in [3.8, 4) is 17.1 Å². The summed E-state index contributed by atoms with van der Waals surface area (Å²) in [7, 11) is 1.63. The maximum absolute atomic E-state index is 12.5. The van der Waals surface area contributed by atoms with Gasteiger partial charge in [-0.1, -0.05) is 41.7 Å². The molecule has 4 rings (SSSR count). The van der Waals surface area contributed by atoms with E-state index >= 15 is 0 Å². The molecule has 26 heavy (non-hydrogen) atoms. The molecular formula is C19H14N4O2S. The molecule has 0 amide bonds. The van der Waals surface area contributed by atoms with Gasteiger partial charge in [-0.15, -0.1) is 5.10 Å². The number of aromatic nitrogens is 4. The number of methoxy groups -OCH3 is 1. The highest BCUT2D eigenvalue weighted by molar-refractivity contribution is 7.15. The van der Waals surface area contributed by atoms with Crippen molar-refractivity contribution >= 4 is 28.4 Å². The summed E-state index contributed by atoms with van der Waals surface area (Å²) in [5.74, 6) is 1.28. The van der Waals surface area contributed by atoms with Crippen LogP contribution in [0.25, 0.3) is 28.5 Å². The average Bonchev–Trinajstić information content (AvgIpc) is 3.23. The Morgan fingerprint density at radius 2 is 2.08 bits per heavy atom. The summed E-state index contributed by atoms with van der Waals surface area (Å²) < 4.78 is 7.21. The van der Waals surface area contributed by atoms with Gasteiger partial charge in [0.1, 0.15) is 5.75 Å². The van der Waals surface area contributed by atoms with E-state index < -0.39 is 0 Å². The van der Waals surface area contributed by atoms with Crippen LogP contribution in [0.15, 0.2) is 59.7 Å². The molecule has 0 atom stereocenters. The number of thiazole rings is 1. The number of rotatable bonds is 4. The van der Waals surface area contributed by atoms with E-state index in [0.29, 0.717) is 15.3 Å². The zero-order valence-electron chi connectivity index (χ0n) is 13.9. The molecule has 3 heterocycles. The zero-order valence-corrected chi connectivity index (χ0v) is 14.7. The van der Waals surface area contributed by atoms with Crippen LogP contribution >= 0.6 is 11.3 Å². The van der Waals surface area contributed by atoms with Gasteiger partial charge in [-0.3, -0.25) is 9.78 Å². The van der Waals surface area contributed by atoms with E-state index in [1.165, 1.54) is 15.9 Å². The van der Waals surface area contributed by atoms with Crippen LogP contribution in [-0.4, -0.2) is 26.7 Å². The van der Waals surface area contributed by atoms with Crippen molar-refractivity contribution in [3.05, 3.63) is 75.3 Å². The smallest absolute Gasteiger partial charge is 0.291 e. The maximum Gasteiger partial charge on any atom is 0.291 e. The fourth-order valence-electron chi connectivity index (χ4n) is 2.51. The molecule has 0 radical (unpaired) electrons. The van der Waals surface area contributed by atoms with Gasteiger partial charge in [-0.2, -0.15) is 9.50 Å². The van der Waals surface area contributed by atoms with Crippen LogP contribution in [0.1, 0.15) is 5.56 Å². The second-order valence-corrected chi connectivity index (χ2v) is 6.42. The summed E-state index contributed by atoms with van der Waals surface area (Å²) in [6.07, 6.45) is 8.84. The highest BCUT2D eigenvalue weighted by Crippen LogP contribution is 2.18. The van der Waals surface area contributed by atoms with Crippen molar-refractivity contribution in [1.29, 1.82) is 0 Å². The SMILES string of the molecule is COc1ccccc1/C=C/C=c1\sc2nc(-c3cccnc3)nn2c1=O. The third-order valence-electron chi connectivity index (χ3n) is 3.76. The molecule has 0 spiro atoms. The molecule has 0 fully saturated rings. The summed E-state index contributed by atoms with van der Waals surface area (Å²) >= 11 is 1.30. The third kappa shape index (κ3) is 3.00. The maximum atomic E-state index is 12.5. The predicted molar refractivity (Wildman–Crippen MR) is 102 cm³/mol. The first-order chi connectivity index (χ1) is 12.8. The van der Waals surface area contributed by atoms with E-state index in [1.807, 2.05) is 48.6 Å². The van der Waals surface area contributed by atoms with Gasteiger partial charge in [-0.05, 0) is 24.3 Å². The van der Waals surface area contributed by atoms with Crippen LogP contribution < -0.4 is 14.8 Å². The molecule has 7 heteroatoms. The summed E-state index contributed by atoms with van der Waals surface area (Å²) in [6.45, 7) is 0. The van der Waals surface area contributed by atoms with Gasteiger partial charge in [0.2, 0.25) is 4.96 Å². The van der Waals surface area contributed by atoms with Crippen LogP contribution in [0.4, 0.5) is 0 Å². The molecule has 0 saturated heterocycles.